The number of sulfone groups is 1. The molecule has 0 amide bonds. The van der Waals surface area contributed by atoms with Gasteiger partial charge in [-0.25, -0.2) is 8.42 Å². The summed E-state index contributed by atoms with van der Waals surface area (Å²) < 4.78 is 29.2. The molecule has 6 nitrogen and oxygen atoms in total. The number of aromatic nitrogens is 2. The Hall–Kier alpha value is -0.920. The highest BCUT2D eigenvalue weighted by Gasteiger charge is 2.12. The van der Waals surface area contributed by atoms with Crippen LogP contribution in [0.25, 0.3) is 0 Å². The van der Waals surface area contributed by atoms with E-state index in [1.54, 1.807) is 11.8 Å². The number of nitrogens with zero attached hydrogens (tertiary/aromatic N) is 2. The maximum atomic E-state index is 11.2. The van der Waals surface area contributed by atoms with E-state index in [0.717, 1.165) is 30.9 Å². The van der Waals surface area contributed by atoms with Gasteiger partial charge in [0.15, 0.2) is 0 Å². The van der Waals surface area contributed by atoms with Crippen molar-refractivity contribution in [1.29, 1.82) is 0 Å². The average Bonchev–Trinajstić information content (AvgIpc) is 2.62. The van der Waals surface area contributed by atoms with E-state index in [-0.39, 0.29) is 5.75 Å². The molecule has 1 N–H and O–H groups in total. The highest BCUT2D eigenvalue weighted by atomic mass is 32.2. The first-order chi connectivity index (χ1) is 9.35. The quantitative estimate of drug-likeness (QED) is 0.665. The maximum Gasteiger partial charge on any atom is 0.149 e. The number of hydrogen-bond donors (Lipinski definition) is 1. The van der Waals surface area contributed by atoms with Crippen LogP contribution in [0.2, 0.25) is 0 Å². The summed E-state index contributed by atoms with van der Waals surface area (Å²) in [5.74, 6) is 0.125. The summed E-state index contributed by atoms with van der Waals surface area (Å²) in [4.78, 5) is 0. The Labute approximate surface area is 121 Å². The van der Waals surface area contributed by atoms with E-state index >= 15 is 0 Å². The third-order valence-corrected chi connectivity index (χ3v) is 4.16. The molecule has 1 aromatic rings. The van der Waals surface area contributed by atoms with Crippen molar-refractivity contribution in [2.75, 3.05) is 38.8 Å². The SMILES string of the molecule is COCCNCCc1c(C)nn(CCS(C)(=O)=O)c1C. The molecule has 7 heteroatoms. The van der Waals surface area contributed by atoms with Crippen LogP contribution in [0.5, 0.6) is 0 Å². The van der Waals surface area contributed by atoms with Gasteiger partial charge in [-0.05, 0) is 32.4 Å². The van der Waals surface area contributed by atoms with Crippen LogP contribution in [0.15, 0.2) is 0 Å². The van der Waals surface area contributed by atoms with Crippen molar-refractivity contribution < 1.29 is 13.2 Å². The molecule has 0 aliphatic rings. The molecule has 0 bridgehead atoms. The lowest BCUT2D eigenvalue weighted by molar-refractivity contribution is 0.199. The number of hydrogen-bond acceptors (Lipinski definition) is 5. The van der Waals surface area contributed by atoms with E-state index in [1.165, 1.54) is 11.8 Å². The molecule has 0 radical (unpaired) electrons. The van der Waals surface area contributed by atoms with Gasteiger partial charge in [-0.3, -0.25) is 4.68 Å². The van der Waals surface area contributed by atoms with Crippen LogP contribution >= 0.6 is 0 Å². The van der Waals surface area contributed by atoms with E-state index < -0.39 is 9.84 Å². The number of methoxy groups -OCH3 is 1. The summed E-state index contributed by atoms with van der Waals surface area (Å²) in [5.41, 5.74) is 3.23. The van der Waals surface area contributed by atoms with Crippen LogP contribution < -0.4 is 5.32 Å². The van der Waals surface area contributed by atoms with Crippen LogP contribution in [0.4, 0.5) is 0 Å². The smallest absolute Gasteiger partial charge is 0.149 e. The standard InChI is InChI=1S/C13H25N3O3S/c1-11-13(5-6-14-7-9-19-3)12(2)16(15-11)8-10-20(4,17)18/h14H,5-10H2,1-4H3. The first-order valence-electron chi connectivity index (χ1n) is 6.75. The number of ether oxygens (including phenoxy) is 1. The van der Waals surface area contributed by atoms with Gasteiger partial charge in [-0.15, -0.1) is 0 Å². The summed E-state index contributed by atoms with van der Waals surface area (Å²) in [7, 11) is -1.27. The van der Waals surface area contributed by atoms with Gasteiger partial charge >= 0.3 is 0 Å². The Balaban J connectivity index is 2.57. The van der Waals surface area contributed by atoms with Crippen molar-refractivity contribution in [2.24, 2.45) is 0 Å². The van der Waals surface area contributed by atoms with E-state index in [9.17, 15) is 8.42 Å². The van der Waals surface area contributed by atoms with Gasteiger partial charge in [0.2, 0.25) is 0 Å². The zero-order valence-corrected chi connectivity index (χ0v) is 13.6. The molecule has 0 spiro atoms. The molecule has 0 aliphatic carbocycles. The van der Waals surface area contributed by atoms with Crippen molar-refractivity contribution in [3.8, 4) is 0 Å². The second-order valence-corrected chi connectivity index (χ2v) is 7.25. The third kappa shape index (κ3) is 5.60. The normalized spacial score (nSPS) is 12.0. The average molecular weight is 303 g/mol. The summed E-state index contributed by atoms with van der Waals surface area (Å²) in [6.07, 6.45) is 2.14. The van der Waals surface area contributed by atoms with Crippen LogP contribution in [-0.2, 0) is 27.5 Å². The summed E-state index contributed by atoms with van der Waals surface area (Å²) in [6, 6.07) is 0. The lowest BCUT2D eigenvalue weighted by Gasteiger charge is -2.06. The van der Waals surface area contributed by atoms with Gasteiger partial charge in [0.1, 0.15) is 9.84 Å². The minimum atomic E-state index is -2.96. The number of rotatable bonds is 9. The van der Waals surface area contributed by atoms with E-state index in [2.05, 4.69) is 10.4 Å². The predicted octanol–water partition coefficient (Wildman–Crippen LogP) is 0.323. The monoisotopic (exact) mass is 303 g/mol. The lowest BCUT2D eigenvalue weighted by Crippen LogP contribution is -2.22. The van der Waals surface area contributed by atoms with Crippen LogP contribution in [0.3, 0.4) is 0 Å². The number of nitrogens with one attached hydrogen (secondary N) is 1. The van der Waals surface area contributed by atoms with E-state index in [1.807, 2.05) is 13.8 Å². The molecule has 0 aliphatic heterocycles. The minimum Gasteiger partial charge on any atom is -0.383 e. The molecule has 0 aromatic carbocycles. The Morgan fingerprint density at radius 3 is 2.60 bits per heavy atom. The van der Waals surface area contributed by atoms with Crippen LogP contribution in [-0.4, -0.2) is 57.0 Å². The van der Waals surface area contributed by atoms with Crippen molar-refractivity contribution in [3.63, 3.8) is 0 Å². The van der Waals surface area contributed by atoms with Gasteiger partial charge in [0.05, 0.1) is 24.6 Å². The molecule has 0 atom stereocenters. The van der Waals surface area contributed by atoms with Gasteiger partial charge in [-0.2, -0.15) is 5.10 Å². The molecule has 1 rings (SSSR count). The fraction of sp³-hybridized carbons (Fsp3) is 0.769. The van der Waals surface area contributed by atoms with Gasteiger partial charge in [0, 0.05) is 25.6 Å². The summed E-state index contributed by atoms with van der Waals surface area (Å²) in [5, 5.41) is 7.72. The van der Waals surface area contributed by atoms with Gasteiger partial charge in [0.25, 0.3) is 0 Å². The molecule has 20 heavy (non-hydrogen) atoms. The molecule has 0 unspecified atom stereocenters. The molecular weight excluding hydrogens is 278 g/mol. The van der Waals surface area contributed by atoms with E-state index in [4.69, 9.17) is 4.74 Å². The fourth-order valence-electron chi connectivity index (χ4n) is 2.08. The molecule has 116 valence electrons. The van der Waals surface area contributed by atoms with Crippen LogP contribution in [0, 0.1) is 13.8 Å². The van der Waals surface area contributed by atoms with Crippen molar-refractivity contribution in [2.45, 2.75) is 26.8 Å². The molecule has 0 saturated heterocycles. The molecule has 0 fully saturated rings. The van der Waals surface area contributed by atoms with E-state index in [0.29, 0.717) is 13.2 Å². The minimum absolute atomic E-state index is 0.125. The van der Waals surface area contributed by atoms with Crippen molar-refractivity contribution in [3.05, 3.63) is 17.0 Å². The van der Waals surface area contributed by atoms with Crippen LogP contribution in [0.1, 0.15) is 17.0 Å². The van der Waals surface area contributed by atoms with Gasteiger partial charge in [-0.1, -0.05) is 0 Å². The highest BCUT2D eigenvalue weighted by Crippen LogP contribution is 2.13. The predicted molar refractivity (Wildman–Crippen MR) is 79.9 cm³/mol. The van der Waals surface area contributed by atoms with Crippen molar-refractivity contribution in [1.82, 2.24) is 15.1 Å². The molecule has 1 heterocycles. The van der Waals surface area contributed by atoms with Gasteiger partial charge < -0.3 is 10.1 Å². The molecule has 0 saturated carbocycles. The highest BCUT2D eigenvalue weighted by molar-refractivity contribution is 7.90. The zero-order valence-electron chi connectivity index (χ0n) is 12.8. The zero-order chi connectivity index (χ0) is 15.2. The third-order valence-electron chi connectivity index (χ3n) is 3.24. The molecule has 1 aromatic heterocycles. The fourth-order valence-corrected chi connectivity index (χ4v) is 2.58. The topological polar surface area (TPSA) is 73.2 Å². The Bertz CT molecular complexity index is 523. The Morgan fingerprint density at radius 2 is 2.00 bits per heavy atom. The number of aryl methyl sites for hydroxylation is 2. The maximum absolute atomic E-state index is 11.2. The Morgan fingerprint density at radius 1 is 1.30 bits per heavy atom. The van der Waals surface area contributed by atoms with Crippen molar-refractivity contribution >= 4 is 9.84 Å². The Kier molecular flexibility index (Phi) is 6.64. The molecular formula is C13H25N3O3S. The second-order valence-electron chi connectivity index (χ2n) is 5.00. The largest absolute Gasteiger partial charge is 0.383 e. The first-order valence-corrected chi connectivity index (χ1v) is 8.81. The summed E-state index contributed by atoms with van der Waals surface area (Å²) in [6.45, 7) is 6.77. The lowest BCUT2D eigenvalue weighted by atomic mass is 10.1. The first kappa shape index (κ1) is 17.1. The second kappa shape index (κ2) is 7.75. The summed E-state index contributed by atoms with van der Waals surface area (Å²) >= 11 is 0.